The predicted molar refractivity (Wildman–Crippen MR) is 73.1 cm³/mol. The number of pyridine rings is 1. The first kappa shape index (κ1) is 12.3. The Morgan fingerprint density at radius 1 is 1.05 bits per heavy atom. The molecular formula is C16H10FNO2. The van der Waals surface area contributed by atoms with E-state index >= 15 is 0 Å². The van der Waals surface area contributed by atoms with Crippen LogP contribution in [-0.4, -0.2) is 11.0 Å². The molecule has 0 aliphatic rings. The highest BCUT2D eigenvalue weighted by Gasteiger charge is 2.10. The number of para-hydroxylation sites is 1. The molecule has 20 heavy (non-hydrogen) atoms. The van der Waals surface area contributed by atoms with Gasteiger partial charge in [-0.1, -0.05) is 18.2 Å². The van der Waals surface area contributed by atoms with Gasteiger partial charge >= 0.3 is 5.97 Å². The number of nitrogens with zero attached hydrogens (tertiary/aromatic N) is 1. The summed E-state index contributed by atoms with van der Waals surface area (Å²) in [5.41, 5.74) is 1.17. The van der Waals surface area contributed by atoms with E-state index in [0.717, 1.165) is 10.9 Å². The SMILES string of the molecule is O=C(Oc1ccc(F)cc1)c1cnc2ccccc2c1. The van der Waals surface area contributed by atoms with Crippen LogP contribution in [0.15, 0.2) is 60.8 Å². The summed E-state index contributed by atoms with van der Waals surface area (Å²) in [6, 6.07) is 14.5. The van der Waals surface area contributed by atoms with Gasteiger partial charge < -0.3 is 4.74 Å². The Balaban J connectivity index is 1.86. The van der Waals surface area contributed by atoms with E-state index < -0.39 is 5.97 Å². The summed E-state index contributed by atoms with van der Waals surface area (Å²) in [7, 11) is 0. The molecule has 1 heterocycles. The van der Waals surface area contributed by atoms with Gasteiger partial charge in [-0.2, -0.15) is 0 Å². The van der Waals surface area contributed by atoms with Crippen molar-refractivity contribution in [2.75, 3.05) is 0 Å². The number of aromatic nitrogens is 1. The quantitative estimate of drug-likeness (QED) is 0.526. The summed E-state index contributed by atoms with van der Waals surface area (Å²) in [4.78, 5) is 16.2. The molecule has 0 spiro atoms. The fraction of sp³-hybridized carbons (Fsp3) is 0. The molecule has 0 saturated carbocycles. The summed E-state index contributed by atoms with van der Waals surface area (Å²) < 4.78 is 17.9. The molecule has 0 unspecified atom stereocenters. The van der Waals surface area contributed by atoms with E-state index in [0.29, 0.717) is 11.3 Å². The van der Waals surface area contributed by atoms with E-state index in [1.165, 1.54) is 30.5 Å². The van der Waals surface area contributed by atoms with Gasteiger partial charge in [-0.05, 0) is 36.4 Å². The van der Waals surface area contributed by atoms with Gasteiger partial charge in [-0.15, -0.1) is 0 Å². The fourth-order valence-corrected chi connectivity index (χ4v) is 1.85. The summed E-state index contributed by atoms with van der Waals surface area (Å²) in [6.07, 6.45) is 1.47. The van der Waals surface area contributed by atoms with Crippen LogP contribution in [-0.2, 0) is 0 Å². The van der Waals surface area contributed by atoms with Crippen molar-refractivity contribution in [1.29, 1.82) is 0 Å². The van der Waals surface area contributed by atoms with E-state index in [4.69, 9.17) is 4.74 Å². The fourth-order valence-electron chi connectivity index (χ4n) is 1.85. The third kappa shape index (κ3) is 2.49. The number of ether oxygens (including phenoxy) is 1. The Hall–Kier alpha value is -2.75. The molecule has 0 amide bonds. The molecule has 0 N–H and O–H groups in total. The number of halogens is 1. The van der Waals surface area contributed by atoms with Crippen molar-refractivity contribution in [2.24, 2.45) is 0 Å². The zero-order valence-corrected chi connectivity index (χ0v) is 10.4. The molecule has 0 bridgehead atoms. The Bertz CT molecular complexity index is 769. The van der Waals surface area contributed by atoms with E-state index in [1.807, 2.05) is 24.3 Å². The van der Waals surface area contributed by atoms with Crippen molar-refractivity contribution in [1.82, 2.24) is 4.98 Å². The third-order valence-corrected chi connectivity index (χ3v) is 2.85. The van der Waals surface area contributed by atoms with Crippen LogP contribution in [0.4, 0.5) is 4.39 Å². The van der Waals surface area contributed by atoms with Gasteiger partial charge in [0.1, 0.15) is 11.6 Å². The highest BCUT2D eigenvalue weighted by Crippen LogP contribution is 2.16. The summed E-state index contributed by atoms with van der Waals surface area (Å²) >= 11 is 0. The maximum atomic E-state index is 12.8. The molecule has 2 aromatic carbocycles. The van der Waals surface area contributed by atoms with Crippen molar-refractivity contribution in [3.8, 4) is 5.75 Å². The minimum Gasteiger partial charge on any atom is -0.423 e. The van der Waals surface area contributed by atoms with Crippen LogP contribution >= 0.6 is 0 Å². The number of carbonyl (C=O) groups is 1. The van der Waals surface area contributed by atoms with Crippen molar-refractivity contribution in [3.05, 3.63) is 72.2 Å². The Kier molecular flexibility index (Phi) is 3.13. The average Bonchev–Trinajstić information content (AvgIpc) is 2.49. The van der Waals surface area contributed by atoms with Crippen LogP contribution in [0.25, 0.3) is 10.9 Å². The van der Waals surface area contributed by atoms with Gasteiger partial charge in [0.05, 0.1) is 11.1 Å². The summed E-state index contributed by atoms with van der Waals surface area (Å²) in [6.45, 7) is 0. The molecule has 3 rings (SSSR count). The molecule has 1 aromatic heterocycles. The molecule has 0 saturated heterocycles. The number of hydrogen-bond acceptors (Lipinski definition) is 3. The lowest BCUT2D eigenvalue weighted by Crippen LogP contribution is -2.08. The molecule has 0 aliphatic carbocycles. The summed E-state index contributed by atoms with van der Waals surface area (Å²) in [5.74, 6) is -0.600. The Morgan fingerprint density at radius 2 is 1.80 bits per heavy atom. The maximum absolute atomic E-state index is 12.8. The van der Waals surface area contributed by atoms with Gasteiger partial charge in [-0.3, -0.25) is 4.98 Å². The molecule has 0 fully saturated rings. The zero-order chi connectivity index (χ0) is 13.9. The molecule has 98 valence electrons. The Morgan fingerprint density at radius 3 is 2.60 bits per heavy atom. The number of esters is 1. The first-order valence-corrected chi connectivity index (χ1v) is 6.05. The van der Waals surface area contributed by atoms with Crippen LogP contribution < -0.4 is 4.74 Å². The number of benzene rings is 2. The number of carbonyl (C=O) groups excluding carboxylic acids is 1. The van der Waals surface area contributed by atoms with Crippen molar-refractivity contribution < 1.29 is 13.9 Å². The molecule has 4 heteroatoms. The van der Waals surface area contributed by atoms with Crippen LogP contribution in [0.2, 0.25) is 0 Å². The normalized spacial score (nSPS) is 10.4. The molecule has 0 aliphatic heterocycles. The summed E-state index contributed by atoms with van der Waals surface area (Å²) in [5, 5.41) is 0.862. The highest BCUT2D eigenvalue weighted by molar-refractivity contribution is 5.94. The minimum atomic E-state index is -0.519. The smallest absolute Gasteiger partial charge is 0.345 e. The average molecular weight is 267 g/mol. The molecule has 0 atom stereocenters. The predicted octanol–water partition coefficient (Wildman–Crippen LogP) is 3.59. The lowest BCUT2D eigenvalue weighted by molar-refractivity contribution is 0.0734. The van der Waals surface area contributed by atoms with Crippen LogP contribution in [0.1, 0.15) is 10.4 Å². The first-order valence-electron chi connectivity index (χ1n) is 6.05. The minimum absolute atomic E-state index is 0.296. The van der Waals surface area contributed by atoms with Gasteiger partial charge in [-0.25, -0.2) is 9.18 Å². The second-order valence-corrected chi connectivity index (χ2v) is 4.26. The van der Waals surface area contributed by atoms with Gasteiger partial charge in [0.25, 0.3) is 0 Å². The van der Waals surface area contributed by atoms with E-state index in [2.05, 4.69) is 4.98 Å². The van der Waals surface area contributed by atoms with Crippen molar-refractivity contribution >= 4 is 16.9 Å². The van der Waals surface area contributed by atoms with E-state index in [-0.39, 0.29) is 5.82 Å². The lowest BCUT2D eigenvalue weighted by atomic mass is 10.1. The zero-order valence-electron chi connectivity index (χ0n) is 10.4. The third-order valence-electron chi connectivity index (χ3n) is 2.85. The van der Waals surface area contributed by atoms with Crippen LogP contribution in [0, 0.1) is 5.82 Å². The lowest BCUT2D eigenvalue weighted by Gasteiger charge is -2.05. The second-order valence-electron chi connectivity index (χ2n) is 4.26. The first-order chi connectivity index (χ1) is 9.72. The van der Waals surface area contributed by atoms with E-state index in [1.54, 1.807) is 6.07 Å². The maximum Gasteiger partial charge on any atom is 0.345 e. The molecule has 3 aromatic rings. The van der Waals surface area contributed by atoms with Gasteiger partial charge in [0, 0.05) is 11.6 Å². The molecule has 3 nitrogen and oxygen atoms in total. The van der Waals surface area contributed by atoms with Crippen molar-refractivity contribution in [3.63, 3.8) is 0 Å². The molecule has 0 radical (unpaired) electrons. The Labute approximate surface area is 114 Å². The largest absolute Gasteiger partial charge is 0.423 e. The van der Waals surface area contributed by atoms with Gasteiger partial charge in [0.2, 0.25) is 0 Å². The van der Waals surface area contributed by atoms with Gasteiger partial charge in [0.15, 0.2) is 0 Å². The standard InChI is InChI=1S/C16H10FNO2/c17-13-5-7-14(8-6-13)20-16(19)12-9-11-3-1-2-4-15(11)18-10-12/h1-10H. The number of fused-ring (bicyclic) bond motifs is 1. The number of hydrogen-bond donors (Lipinski definition) is 0. The molecular weight excluding hydrogens is 257 g/mol. The highest BCUT2D eigenvalue weighted by atomic mass is 19.1. The monoisotopic (exact) mass is 267 g/mol. The second kappa shape index (κ2) is 5.09. The van der Waals surface area contributed by atoms with E-state index in [9.17, 15) is 9.18 Å². The van der Waals surface area contributed by atoms with Crippen molar-refractivity contribution in [2.45, 2.75) is 0 Å². The van der Waals surface area contributed by atoms with Crippen LogP contribution in [0.5, 0.6) is 5.75 Å². The topological polar surface area (TPSA) is 39.2 Å². The number of rotatable bonds is 2. The van der Waals surface area contributed by atoms with Crippen LogP contribution in [0.3, 0.4) is 0 Å².